The van der Waals surface area contributed by atoms with Crippen LogP contribution in [0.3, 0.4) is 0 Å². The molecule has 17 heavy (non-hydrogen) atoms. The van der Waals surface area contributed by atoms with Crippen molar-refractivity contribution in [3.05, 3.63) is 0 Å². The second-order valence-corrected chi connectivity index (χ2v) is 5.54. The summed E-state index contributed by atoms with van der Waals surface area (Å²) in [5.74, 6) is 1.63. The molecule has 0 bridgehead atoms. The van der Waals surface area contributed by atoms with E-state index in [-0.39, 0.29) is 5.91 Å². The summed E-state index contributed by atoms with van der Waals surface area (Å²) >= 11 is 0. The molecule has 0 aromatic heterocycles. The highest BCUT2D eigenvalue weighted by atomic mass is 16.1. The summed E-state index contributed by atoms with van der Waals surface area (Å²) in [6.07, 6.45) is 7.45. The zero-order valence-electron chi connectivity index (χ0n) is 11.4. The molecule has 3 heteroatoms. The lowest BCUT2D eigenvalue weighted by atomic mass is 9.97. The zero-order valence-corrected chi connectivity index (χ0v) is 11.4. The van der Waals surface area contributed by atoms with Crippen LogP contribution in [-0.2, 0) is 4.79 Å². The summed E-state index contributed by atoms with van der Waals surface area (Å²) in [6.45, 7) is 5.30. The van der Waals surface area contributed by atoms with E-state index in [0.29, 0.717) is 18.4 Å². The number of nitrogens with one attached hydrogen (secondary N) is 1. The van der Waals surface area contributed by atoms with Gasteiger partial charge in [0.15, 0.2) is 0 Å². The first-order valence-corrected chi connectivity index (χ1v) is 7.14. The van der Waals surface area contributed by atoms with Gasteiger partial charge in [0.25, 0.3) is 0 Å². The van der Waals surface area contributed by atoms with Crippen LogP contribution in [0.4, 0.5) is 0 Å². The van der Waals surface area contributed by atoms with Gasteiger partial charge in [0.1, 0.15) is 0 Å². The van der Waals surface area contributed by atoms with Gasteiger partial charge in [-0.1, -0.05) is 26.7 Å². The second-order valence-electron chi connectivity index (χ2n) is 5.54. The van der Waals surface area contributed by atoms with Gasteiger partial charge in [-0.2, -0.15) is 0 Å². The largest absolute Gasteiger partial charge is 0.353 e. The summed E-state index contributed by atoms with van der Waals surface area (Å²) in [4.78, 5) is 11.7. The molecule has 0 aromatic rings. The molecule has 100 valence electrons. The molecule has 0 saturated heterocycles. The predicted molar refractivity (Wildman–Crippen MR) is 71.6 cm³/mol. The van der Waals surface area contributed by atoms with Gasteiger partial charge in [-0.25, -0.2) is 0 Å². The topological polar surface area (TPSA) is 55.1 Å². The molecule has 0 aromatic carbocycles. The van der Waals surface area contributed by atoms with Crippen molar-refractivity contribution in [2.45, 2.75) is 64.8 Å². The normalized spacial score (nSPS) is 28.3. The fraction of sp³-hybridized carbons (Fsp3) is 0.929. The Morgan fingerprint density at radius 3 is 2.47 bits per heavy atom. The lowest BCUT2D eigenvalue weighted by Crippen LogP contribution is -2.37. The van der Waals surface area contributed by atoms with E-state index in [1.54, 1.807) is 0 Å². The first-order chi connectivity index (χ1) is 8.15. The van der Waals surface area contributed by atoms with E-state index in [1.807, 2.05) is 0 Å². The molecular weight excluding hydrogens is 212 g/mol. The van der Waals surface area contributed by atoms with E-state index in [2.05, 4.69) is 19.2 Å². The standard InChI is InChI=1S/C14H28N2O/c1-11-8-9-13(12(11)2)16-14(17)7-5-3-4-6-10-15/h11-13H,3-10,15H2,1-2H3,(H,16,17). The zero-order chi connectivity index (χ0) is 12.7. The summed E-state index contributed by atoms with van der Waals surface area (Å²) in [5.41, 5.74) is 5.43. The van der Waals surface area contributed by atoms with Crippen LogP contribution in [0.5, 0.6) is 0 Å². The molecule has 1 aliphatic carbocycles. The van der Waals surface area contributed by atoms with Gasteiger partial charge in [-0.05, 0) is 44.1 Å². The van der Waals surface area contributed by atoms with Crippen LogP contribution >= 0.6 is 0 Å². The number of amides is 1. The van der Waals surface area contributed by atoms with Crippen LogP contribution in [-0.4, -0.2) is 18.5 Å². The molecule has 1 fully saturated rings. The van der Waals surface area contributed by atoms with Crippen LogP contribution in [0.25, 0.3) is 0 Å². The fourth-order valence-electron chi connectivity index (χ4n) is 2.63. The summed E-state index contributed by atoms with van der Waals surface area (Å²) in [7, 11) is 0. The number of nitrogens with two attached hydrogens (primary N) is 1. The Labute approximate surface area is 106 Å². The first-order valence-electron chi connectivity index (χ1n) is 7.14. The van der Waals surface area contributed by atoms with Crippen LogP contribution in [0.2, 0.25) is 0 Å². The van der Waals surface area contributed by atoms with Crippen molar-refractivity contribution in [1.82, 2.24) is 5.32 Å². The minimum absolute atomic E-state index is 0.240. The van der Waals surface area contributed by atoms with Crippen molar-refractivity contribution in [2.75, 3.05) is 6.54 Å². The Morgan fingerprint density at radius 2 is 1.88 bits per heavy atom. The van der Waals surface area contributed by atoms with Gasteiger partial charge in [0, 0.05) is 12.5 Å². The maximum atomic E-state index is 11.7. The fourth-order valence-corrected chi connectivity index (χ4v) is 2.63. The number of rotatable bonds is 7. The molecule has 3 N–H and O–H groups in total. The molecule has 3 unspecified atom stereocenters. The Balaban J connectivity index is 2.09. The molecule has 0 spiro atoms. The quantitative estimate of drug-likeness (QED) is 0.672. The van der Waals surface area contributed by atoms with Gasteiger partial charge in [-0.15, -0.1) is 0 Å². The minimum atomic E-state index is 0.240. The van der Waals surface area contributed by atoms with Crippen molar-refractivity contribution in [1.29, 1.82) is 0 Å². The van der Waals surface area contributed by atoms with Crippen LogP contribution in [0.15, 0.2) is 0 Å². The van der Waals surface area contributed by atoms with Crippen molar-refractivity contribution < 1.29 is 4.79 Å². The minimum Gasteiger partial charge on any atom is -0.353 e. The molecule has 1 saturated carbocycles. The molecule has 3 nitrogen and oxygen atoms in total. The van der Waals surface area contributed by atoms with Crippen LogP contribution < -0.4 is 11.1 Å². The smallest absolute Gasteiger partial charge is 0.220 e. The third-order valence-electron chi connectivity index (χ3n) is 4.17. The molecule has 0 radical (unpaired) electrons. The highest BCUT2D eigenvalue weighted by molar-refractivity contribution is 5.76. The maximum Gasteiger partial charge on any atom is 0.220 e. The summed E-state index contributed by atoms with van der Waals surface area (Å²) in [6, 6.07) is 0.418. The highest BCUT2D eigenvalue weighted by Crippen LogP contribution is 2.31. The van der Waals surface area contributed by atoms with Crippen molar-refractivity contribution >= 4 is 5.91 Å². The third kappa shape index (κ3) is 5.07. The predicted octanol–water partition coefficient (Wildman–Crippen LogP) is 2.45. The number of hydrogen-bond acceptors (Lipinski definition) is 2. The van der Waals surface area contributed by atoms with Gasteiger partial charge < -0.3 is 11.1 Å². The number of carbonyl (C=O) groups is 1. The average Bonchev–Trinajstić information content (AvgIpc) is 2.61. The average molecular weight is 240 g/mol. The molecule has 3 atom stereocenters. The van der Waals surface area contributed by atoms with E-state index in [1.165, 1.54) is 6.42 Å². The highest BCUT2D eigenvalue weighted by Gasteiger charge is 2.30. The number of hydrogen-bond donors (Lipinski definition) is 2. The van der Waals surface area contributed by atoms with E-state index in [0.717, 1.165) is 44.6 Å². The van der Waals surface area contributed by atoms with Crippen LogP contribution in [0, 0.1) is 11.8 Å². The van der Waals surface area contributed by atoms with Gasteiger partial charge >= 0.3 is 0 Å². The Kier molecular flexibility index (Phi) is 6.56. The summed E-state index contributed by atoms with van der Waals surface area (Å²) in [5, 5.41) is 3.19. The Hall–Kier alpha value is -0.570. The number of carbonyl (C=O) groups excluding carboxylic acids is 1. The van der Waals surface area contributed by atoms with Crippen molar-refractivity contribution in [3.63, 3.8) is 0 Å². The van der Waals surface area contributed by atoms with Gasteiger partial charge in [-0.3, -0.25) is 4.79 Å². The van der Waals surface area contributed by atoms with Gasteiger partial charge in [0.05, 0.1) is 0 Å². The van der Waals surface area contributed by atoms with E-state index < -0.39 is 0 Å². The SMILES string of the molecule is CC1CCC(NC(=O)CCCCCCN)C1C. The Morgan fingerprint density at radius 1 is 1.18 bits per heavy atom. The van der Waals surface area contributed by atoms with Crippen molar-refractivity contribution in [2.24, 2.45) is 17.6 Å². The maximum absolute atomic E-state index is 11.7. The van der Waals surface area contributed by atoms with E-state index in [4.69, 9.17) is 5.73 Å². The molecule has 0 heterocycles. The molecule has 0 aliphatic heterocycles. The van der Waals surface area contributed by atoms with E-state index in [9.17, 15) is 4.79 Å². The van der Waals surface area contributed by atoms with E-state index >= 15 is 0 Å². The molecule has 1 aliphatic rings. The molecule has 1 amide bonds. The number of unbranched alkanes of at least 4 members (excludes halogenated alkanes) is 3. The molecular formula is C14H28N2O. The van der Waals surface area contributed by atoms with Crippen molar-refractivity contribution in [3.8, 4) is 0 Å². The lowest BCUT2D eigenvalue weighted by Gasteiger charge is -2.19. The lowest BCUT2D eigenvalue weighted by molar-refractivity contribution is -0.122. The molecule has 1 rings (SSSR count). The first kappa shape index (κ1) is 14.5. The third-order valence-corrected chi connectivity index (χ3v) is 4.17. The second kappa shape index (κ2) is 7.70. The monoisotopic (exact) mass is 240 g/mol. The summed E-state index contributed by atoms with van der Waals surface area (Å²) < 4.78 is 0. The van der Waals surface area contributed by atoms with Gasteiger partial charge in [0.2, 0.25) is 5.91 Å². The Bertz CT molecular complexity index is 230. The van der Waals surface area contributed by atoms with Crippen LogP contribution in [0.1, 0.15) is 58.8 Å².